The third-order valence-corrected chi connectivity index (χ3v) is 4.43. The lowest BCUT2D eigenvalue weighted by Gasteiger charge is -2.07. The topological polar surface area (TPSA) is 76.5 Å². The van der Waals surface area contributed by atoms with Gasteiger partial charge in [0.05, 0.1) is 24.1 Å². The number of rotatable bonds is 5. The first-order chi connectivity index (χ1) is 14.0. The Morgan fingerprint density at radius 1 is 1.03 bits per heavy atom. The van der Waals surface area contributed by atoms with Gasteiger partial charge in [-0.1, -0.05) is 42.2 Å². The number of benzene rings is 2. The van der Waals surface area contributed by atoms with Crippen molar-refractivity contribution in [2.24, 2.45) is 0 Å². The number of nitrogens with zero attached hydrogens (tertiary/aromatic N) is 1. The van der Waals surface area contributed by atoms with Gasteiger partial charge < -0.3 is 9.84 Å². The average molecular weight is 387 g/mol. The van der Waals surface area contributed by atoms with E-state index in [4.69, 9.17) is 4.74 Å². The SMILES string of the molecule is CCOC(=O)CCC(=O)c1nc2c(C#Cc3ccccc3C)cccc2cc1O. The average Bonchev–Trinajstić information content (AvgIpc) is 2.71. The van der Waals surface area contributed by atoms with E-state index in [-0.39, 0.29) is 30.9 Å². The van der Waals surface area contributed by atoms with Gasteiger partial charge >= 0.3 is 5.97 Å². The number of ether oxygens (including phenoxy) is 1. The summed E-state index contributed by atoms with van der Waals surface area (Å²) >= 11 is 0. The number of esters is 1. The number of aryl methyl sites for hydroxylation is 1. The van der Waals surface area contributed by atoms with Gasteiger partial charge in [-0.25, -0.2) is 4.98 Å². The Morgan fingerprint density at radius 2 is 1.76 bits per heavy atom. The Balaban J connectivity index is 1.96. The summed E-state index contributed by atoms with van der Waals surface area (Å²) in [6.45, 7) is 3.95. The van der Waals surface area contributed by atoms with Gasteiger partial charge in [-0.05, 0) is 37.6 Å². The summed E-state index contributed by atoms with van der Waals surface area (Å²) in [4.78, 5) is 28.4. The third kappa shape index (κ3) is 4.80. The smallest absolute Gasteiger partial charge is 0.306 e. The van der Waals surface area contributed by atoms with Gasteiger partial charge in [0.1, 0.15) is 11.4 Å². The standard InChI is InChI=1S/C24H21NO4/c1-3-29-22(28)14-13-20(26)24-21(27)15-19-10-6-9-18(23(19)25-24)12-11-17-8-5-4-7-16(17)2/h4-10,15,27H,3,13-14H2,1-2H3. The molecule has 3 rings (SSSR count). The Labute approximate surface area is 169 Å². The maximum atomic E-state index is 12.5. The van der Waals surface area contributed by atoms with E-state index in [0.717, 1.165) is 11.1 Å². The number of pyridine rings is 1. The Bertz CT molecular complexity index is 1140. The Morgan fingerprint density at radius 3 is 2.52 bits per heavy atom. The Hall–Kier alpha value is -3.65. The number of aromatic hydroxyl groups is 1. The van der Waals surface area contributed by atoms with Crippen molar-refractivity contribution in [3.8, 4) is 17.6 Å². The first kappa shape index (κ1) is 20.1. The van der Waals surface area contributed by atoms with Gasteiger partial charge in [-0.15, -0.1) is 0 Å². The van der Waals surface area contributed by atoms with Crippen LogP contribution in [0, 0.1) is 18.8 Å². The van der Waals surface area contributed by atoms with Crippen molar-refractivity contribution in [2.45, 2.75) is 26.7 Å². The molecule has 5 heteroatoms. The molecule has 0 amide bonds. The van der Waals surface area contributed by atoms with E-state index in [0.29, 0.717) is 16.5 Å². The van der Waals surface area contributed by atoms with E-state index < -0.39 is 11.8 Å². The molecule has 3 aromatic rings. The molecule has 0 aliphatic heterocycles. The van der Waals surface area contributed by atoms with E-state index in [1.54, 1.807) is 13.0 Å². The summed E-state index contributed by atoms with van der Waals surface area (Å²) in [6.07, 6.45) is -0.136. The van der Waals surface area contributed by atoms with Crippen molar-refractivity contribution >= 4 is 22.7 Å². The molecule has 0 saturated heterocycles. The molecule has 1 N–H and O–H groups in total. The number of para-hydroxylation sites is 1. The van der Waals surface area contributed by atoms with Gasteiger partial charge in [0.15, 0.2) is 5.78 Å². The second kappa shape index (κ2) is 9.03. The molecular weight excluding hydrogens is 366 g/mol. The van der Waals surface area contributed by atoms with Gasteiger partial charge in [0.25, 0.3) is 0 Å². The molecule has 0 bridgehead atoms. The van der Waals surface area contributed by atoms with Crippen LogP contribution in [0.2, 0.25) is 0 Å². The van der Waals surface area contributed by atoms with E-state index in [2.05, 4.69) is 16.8 Å². The third-order valence-electron chi connectivity index (χ3n) is 4.43. The number of hydrogen-bond acceptors (Lipinski definition) is 5. The van der Waals surface area contributed by atoms with Crippen LogP contribution >= 0.6 is 0 Å². The number of aromatic nitrogens is 1. The zero-order chi connectivity index (χ0) is 20.8. The zero-order valence-corrected chi connectivity index (χ0v) is 16.4. The van der Waals surface area contributed by atoms with Crippen LogP contribution in [0.3, 0.4) is 0 Å². The second-order valence-corrected chi connectivity index (χ2v) is 6.53. The fraction of sp³-hybridized carbons (Fsp3) is 0.208. The molecule has 0 spiro atoms. The predicted molar refractivity (Wildman–Crippen MR) is 111 cm³/mol. The van der Waals surface area contributed by atoms with Crippen molar-refractivity contribution in [1.82, 2.24) is 4.98 Å². The highest BCUT2D eigenvalue weighted by molar-refractivity contribution is 6.01. The maximum Gasteiger partial charge on any atom is 0.306 e. The van der Waals surface area contributed by atoms with E-state index in [9.17, 15) is 14.7 Å². The minimum atomic E-state index is -0.453. The summed E-state index contributed by atoms with van der Waals surface area (Å²) in [5.41, 5.74) is 3.11. The predicted octanol–water partition coefficient (Wildman–Crippen LogP) is 4.17. The molecule has 1 aromatic heterocycles. The largest absolute Gasteiger partial charge is 0.506 e. The van der Waals surface area contributed by atoms with Crippen molar-refractivity contribution in [2.75, 3.05) is 6.61 Å². The highest BCUT2D eigenvalue weighted by Crippen LogP contribution is 2.25. The number of carbonyl (C=O) groups is 2. The van der Waals surface area contributed by atoms with Crippen LogP contribution in [0.4, 0.5) is 0 Å². The normalized spacial score (nSPS) is 10.3. The molecule has 5 nitrogen and oxygen atoms in total. The number of carbonyl (C=O) groups excluding carboxylic acids is 2. The summed E-state index contributed by atoms with van der Waals surface area (Å²) in [6, 6.07) is 14.8. The van der Waals surface area contributed by atoms with Gasteiger partial charge in [-0.2, -0.15) is 0 Å². The lowest BCUT2D eigenvalue weighted by molar-refractivity contribution is -0.143. The summed E-state index contributed by atoms with van der Waals surface area (Å²) in [5, 5.41) is 10.9. The monoisotopic (exact) mass is 387 g/mol. The van der Waals surface area contributed by atoms with Crippen LogP contribution in [-0.4, -0.2) is 28.4 Å². The van der Waals surface area contributed by atoms with Gasteiger partial charge in [-0.3, -0.25) is 9.59 Å². The first-order valence-electron chi connectivity index (χ1n) is 9.38. The molecule has 146 valence electrons. The van der Waals surface area contributed by atoms with Crippen molar-refractivity contribution in [3.63, 3.8) is 0 Å². The van der Waals surface area contributed by atoms with Crippen LogP contribution in [0.1, 0.15) is 46.9 Å². The fourth-order valence-electron chi connectivity index (χ4n) is 2.91. The van der Waals surface area contributed by atoms with Crippen molar-refractivity contribution < 1.29 is 19.4 Å². The van der Waals surface area contributed by atoms with E-state index in [1.165, 1.54) is 6.07 Å². The van der Waals surface area contributed by atoms with Crippen LogP contribution in [0.15, 0.2) is 48.5 Å². The lowest BCUT2D eigenvalue weighted by Crippen LogP contribution is -2.09. The number of fused-ring (bicyclic) bond motifs is 1. The van der Waals surface area contributed by atoms with Crippen LogP contribution < -0.4 is 0 Å². The molecule has 1 heterocycles. The fourth-order valence-corrected chi connectivity index (χ4v) is 2.91. The lowest BCUT2D eigenvalue weighted by atomic mass is 10.0. The number of ketones is 1. The molecule has 0 aliphatic rings. The minimum absolute atomic E-state index is 0.0550. The maximum absolute atomic E-state index is 12.5. The van der Waals surface area contributed by atoms with E-state index in [1.807, 2.05) is 43.3 Å². The quantitative estimate of drug-likeness (QED) is 0.404. The van der Waals surface area contributed by atoms with Crippen LogP contribution in [0.5, 0.6) is 5.75 Å². The molecule has 29 heavy (non-hydrogen) atoms. The molecule has 2 aromatic carbocycles. The Kier molecular flexibility index (Phi) is 6.25. The summed E-state index contributed by atoms with van der Waals surface area (Å²) in [5.74, 6) is 5.18. The summed E-state index contributed by atoms with van der Waals surface area (Å²) < 4.78 is 4.84. The highest BCUT2D eigenvalue weighted by Gasteiger charge is 2.17. The summed E-state index contributed by atoms with van der Waals surface area (Å²) in [7, 11) is 0. The molecular formula is C24H21NO4. The molecule has 0 radical (unpaired) electrons. The highest BCUT2D eigenvalue weighted by atomic mass is 16.5. The molecule has 0 unspecified atom stereocenters. The molecule has 0 atom stereocenters. The van der Waals surface area contributed by atoms with Crippen molar-refractivity contribution in [1.29, 1.82) is 0 Å². The molecule has 0 fully saturated rings. The van der Waals surface area contributed by atoms with Gasteiger partial charge in [0, 0.05) is 17.4 Å². The molecule has 0 saturated carbocycles. The van der Waals surface area contributed by atoms with Crippen molar-refractivity contribution in [3.05, 3.63) is 70.9 Å². The van der Waals surface area contributed by atoms with Crippen LogP contribution in [-0.2, 0) is 9.53 Å². The number of hydrogen-bond donors (Lipinski definition) is 1. The zero-order valence-electron chi connectivity index (χ0n) is 16.4. The minimum Gasteiger partial charge on any atom is -0.506 e. The number of Topliss-reactive ketones (excluding diaryl/α,β-unsaturated/α-hetero) is 1. The molecule has 0 aliphatic carbocycles. The van der Waals surface area contributed by atoms with Gasteiger partial charge in [0.2, 0.25) is 0 Å². The second-order valence-electron chi connectivity index (χ2n) is 6.53. The first-order valence-corrected chi connectivity index (χ1v) is 9.38. The van der Waals surface area contributed by atoms with Crippen LogP contribution in [0.25, 0.3) is 10.9 Å². The van der Waals surface area contributed by atoms with E-state index >= 15 is 0 Å².